The van der Waals surface area contributed by atoms with Crippen LogP contribution in [0, 0.1) is 28.8 Å². The molecule has 0 unspecified atom stereocenters. The summed E-state index contributed by atoms with van der Waals surface area (Å²) in [5, 5.41) is 0. The summed E-state index contributed by atoms with van der Waals surface area (Å²) in [4.78, 5) is 0. The van der Waals surface area contributed by atoms with Crippen molar-refractivity contribution in [3.63, 3.8) is 0 Å². The third-order valence-corrected chi connectivity index (χ3v) is 4.55. The van der Waals surface area contributed by atoms with E-state index < -0.39 is 10.2 Å². The molecule has 4 rings (SSSR count). The Kier molecular flexibility index (Phi) is 7.29. The molecule has 0 spiro atoms. The van der Waals surface area contributed by atoms with E-state index in [1.807, 2.05) is 43.3 Å². The molecule has 0 aliphatic rings. The van der Waals surface area contributed by atoms with Gasteiger partial charge in [0.05, 0.1) is 22.8 Å². The van der Waals surface area contributed by atoms with E-state index in [0.717, 1.165) is 27.8 Å². The molecule has 0 bridgehead atoms. The lowest BCUT2D eigenvalue weighted by atomic mass is 9.96. The van der Waals surface area contributed by atoms with Crippen molar-refractivity contribution in [3.8, 4) is 33.8 Å². The normalized spacial score (nSPS) is 11.0. The number of rotatable bonds is 3. The Morgan fingerprint density at radius 3 is 1.62 bits per heavy atom. The van der Waals surface area contributed by atoms with Crippen LogP contribution in [0.1, 0.15) is 5.56 Å². The molecule has 0 saturated carbocycles. The molecular formula is C24H17ClF2O5. The van der Waals surface area contributed by atoms with E-state index in [0.29, 0.717) is 11.5 Å². The largest absolute Gasteiger partial charge is 0.364 e. The molecule has 0 N–H and O–H groups in total. The second-order valence-corrected chi connectivity index (χ2v) is 7.49. The predicted octanol–water partition coefficient (Wildman–Crippen LogP) is 2.39. The zero-order valence-corrected chi connectivity index (χ0v) is 17.5. The van der Waals surface area contributed by atoms with Crippen LogP contribution in [-0.4, -0.2) is 0 Å². The molecule has 0 amide bonds. The Labute approximate surface area is 185 Å². The Bertz CT molecular complexity index is 1170. The molecule has 8 heteroatoms. The smallest absolute Gasteiger partial charge is 0.222 e. The maximum absolute atomic E-state index is 13.4. The minimum Gasteiger partial charge on any atom is -0.222 e. The van der Waals surface area contributed by atoms with E-state index in [1.165, 1.54) is 24.3 Å². The van der Waals surface area contributed by atoms with E-state index in [-0.39, 0.29) is 11.6 Å². The van der Waals surface area contributed by atoms with Crippen molar-refractivity contribution in [2.45, 2.75) is 6.92 Å². The van der Waals surface area contributed by atoms with Gasteiger partial charge in [-0.15, -0.1) is 10.2 Å². The third-order valence-electron chi connectivity index (χ3n) is 4.55. The van der Waals surface area contributed by atoms with Crippen molar-refractivity contribution in [1.29, 1.82) is 0 Å². The SMILES string of the molecule is Cc1c(-c2ccccc2)cc(-c2ccc(F)cc2)[o+]c1-c1ccc(F)cc1.[O-][Cl+3]([O-])([O-])[O-]. The van der Waals surface area contributed by atoms with Gasteiger partial charge in [-0.25, -0.2) is 31.8 Å². The van der Waals surface area contributed by atoms with Gasteiger partial charge in [0.2, 0.25) is 0 Å². The van der Waals surface area contributed by atoms with Gasteiger partial charge < -0.3 is 0 Å². The lowest BCUT2D eigenvalue weighted by Crippen LogP contribution is -2.68. The van der Waals surface area contributed by atoms with E-state index >= 15 is 0 Å². The Balaban J connectivity index is 0.000000523. The number of hydrogen-bond donors (Lipinski definition) is 0. The monoisotopic (exact) mass is 458 g/mol. The third kappa shape index (κ3) is 6.40. The molecule has 1 heterocycles. The van der Waals surface area contributed by atoms with Crippen LogP contribution in [0.4, 0.5) is 8.78 Å². The summed E-state index contributed by atoms with van der Waals surface area (Å²) in [6, 6.07) is 24.4. The van der Waals surface area contributed by atoms with Crippen LogP contribution in [0.2, 0.25) is 0 Å². The van der Waals surface area contributed by atoms with Crippen LogP contribution in [0.15, 0.2) is 89.3 Å². The Morgan fingerprint density at radius 1 is 0.656 bits per heavy atom. The number of hydrogen-bond acceptors (Lipinski definition) is 4. The first-order chi connectivity index (χ1) is 15.1. The van der Waals surface area contributed by atoms with Gasteiger partial charge in [-0.3, -0.25) is 0 Å². The summed E-state index contributed by atoms with van der Waals surface area (Å²) in [6.45, 7) is 1.99. The van der Waals surface area contributed by atoms with Gasteiger partial charge in [-0.2, -0.15) is 0 Å². The summed E-state index contributed by atoms with van der Waals surface area (Å²) in [5.74, 6) is 0.691. The maximum Gasteiger partial charge on any atom is 0.364 e. The van der Waals surface area contributed by atoms with Crippen molar-refractivity contribution in [2.75, 3.05) is 0 Å². The molecular weight excluding hydrogens is 442 g/mol. The van der Waals surface area contributed by atoms with Gasteiger partial charge in [0, 0.05) is 5.56 Å². The van der Waals surface area contributed by atoms with Crippen LogP contribution in [-0.2, 0) is 0 Å². The second-order valence-electron chi connectivity index (χ2n) is 6.74. The summed E-state index contributed by atoms with van der Waals surface area (Å²) in [7, 11) is -4.94. The van der Waals surface area contributed by atoms with Gasteiger partial charge in [-0.1, -0.05) is 30.3 Å². The fourth-order valence-corrected chi connectivity index (χ4v) is 3.13. The first-order valence-corrected chi connectivity index (χ1v) is 10.5. The van der Waals surface area contributed by atoms with Crippen LogP contribution < -0.4 is 18.6 Å². The van der Waals surface area contributed by atoms with Crippen LogP contribution in [0.25, 0.3) is 33.8 Å². The highest BCUT2D eigenvalue weighted by atomic mass is 35.7. The molecule has 5 nitrogen and oxygen atoms in total. The molecule has 0 aliphatic heterocycles. The summed E-state index contributed by atoms with van der Waals surface area (Å²) in [6.07, 6.45) is 0. The summed E-state index contributed by atoms with van der Waals surface area (Å²) < 4.78 is 66.8. The molecule has 164 valence electrons. The number of benzene rings is 3. The summed E-state index contributed by atoms with van der Waals surface area (Å²) in [5.41, 5.74) is 4.59. The van der Waals surface area contributed by atoms with Crippen LogP contribution >= 0.6 is 0 Å². The minimum absolute atomic E-state index is 0.297. The molecule has 4 aromatic rings. The molecule has 0 aliphatic carbocycles. The zero-order chi connectivity index (χ0) is 23.3. The van der Waals surface area contributed by atoms with Gasteiger partial charge in [0.1, 0.15) is 11.6 Å². The molecule has 32 heavy (non-hydrogen) atoms. The predicted molar refractivity (Wildman–Crippen MR) is 104 cm³/mol. The van der Waals surface area contributed by atoms with E-state index in [4.69, 9.17) is 23.1 Å². The van der Waals surface area contributed by atoms with Crippen molar-refractivity contribution >= 4 is 0 Å². The Morgan fingerprint density at radius 2 is 1.12 bits per heavy atom. The van der Waals surface area contributed by atoms with Gasteiger partial charge >= 0.3 is 11.5 Å². The fraction of sp³-hybridized carbons (Fsp3) is 0.0417. The van der Waals surface area contributed by atoms with E-state index in [9.17, 15) is 8.78 Å². The van der Waals surface area contributed by atoms with Crippen molar-refractivity contribution in [3.05, 3.63) is 102 Å². The Hall–Kier alpha value is -3.20. The standard InChI is InChI=1S/C24H17F2O.ClHO4/c1-16-22(17-5-3-2-4-6-17)15-23(18-7-11-20(25)12-8-18)27-24(16)19-9-13-21(26)14-10-19;2-1(3,4)5/h2-15H,1H3;(H,2,3,4,5)/q+1;/p-1. The zero-order valence-electron chi connectivity index (χ0n) is 16.8. The van der Waals surface area contributed by atoms with E-state index in [2.05, 4.69) is 0 Å². The van der Waals surface area contributed by atoms with Crippen molar-refractivity contribution < 1.29 is 42.1 Å². The van der Waals surface area contributed by atoms with Crippen molar-refractivity contribution in [2.24, 2.45) is 0 Å². The second kappa shape index (κ2) is 9.95. The quantitative estimate of drug-likeness (QED) is 0.438. The molecule has 3 aromatic carbocycles. The molecule has 0 radical (unpaired) electrons. The average Bonchev–Trinajstić information content (AvgIpc) is 2.75. The molecule has 0 saturated heterocycles. The summed E-state index contributed by atoms with van der Waals surface area (Å²) >= 11 is 0. The fourth-order valence-electron chi connectivity index (χ4n) is 3.13. The average molecular weight is 459 g/mol. The van der Waals surface area contributed by atoms with Gasteiger partial charge in [0.25, 0.3) is 0 Å². The van der Waals surface area contributed by atoms with E-state index in [1.54, 1.807) is 24.3 Å². The molecule has 0 atom stereocenters. The minimum atomic E-state index is -4.94. The van der Waals surface area contributed by atoms with Crippen LogP contribution in [0.3, 0.4) is 0 Å². The topological polar surface area (TPSA) is 104 Å². The first-order valence-electron chi connectivity index (χ1n) is 9.28. The lowest BCUT2D eigenvalue weighted by molar-refractivity contribution is -2.00. The highest BCUT2D eigenvalue weighted by Crippen LogP contribution is 2.36. The highest BCUT2D eigenvalue weighted by Gasteiger charge is 2.25. The molecule has 0 fully saturated rings. The van der Waals surface area contributed by atoms with Crippen LogP contribution in [0.5, 0.6) is 0 Å². The van der Waals surface area contributed by atoms with Gasteiger partial charge in [-0.05, 0) is 61.0 Å². The first kappa shape index (κ1) is 23.5. The molecule has 1 aromatic heterocycles. The lowest BCUT2D eigenvalue weighted by Gasteiger charge is -2.17. The van der Waals surface area contributed by atoms with Gasteiger partial charge in [0.15, 0.2) is 0 Å². The maximum atomic E-state index is 13.4. The van der Waals surface area contributed by atoms with Crippen molar-refractivity contribution in [1.82, 2.24) is 0 Å². The highest BCUT2D eigenvalue weighted by molar-refractivity contribution is 5.78. The number of halogens is 3.